The molecule has 2 aromatic carbocycles. The molecule has 0 bridgehead atoms. The minimum atomic E-state index is -0.878. The van der Waals surface area contributed by atoms with Crippen LogP contribution in [0.4, 0.5) is 0 Å². The number of amides is 1. The van der Waals surface area contributed by atoms with Gasteiger partial charge in [0.25, 0.3) is 5.91 Å². The Morgan fingerprint density at radius 3 is 2.59 bits per heavy atom. The van der Waals surface area contributed by atoms with Crippen LogP contribution in [0.15, 0.2) is 48.5 Å². The third kappa shape index (κ3) is 3.60. The molecule has 0 radical (unpaired) electrons. The Hall–Kier alpha value is -3.02. The summed E-state index contributed by atoms with van der Waals surface area (Å²) in [4.78, 5) is 26.8. The van der Waals surface area contributed by atoms with E-state index in [1.807, 2.05) is 24.3 Å². The zero-order valence-corrected chi connectivity index (χ0v) is 15.1. The molecule has 27 heavy (non-hydrogen) atoms. The average molecular weight is 367 g/mol. The second-order valence-corrected chi connectivity index (χ2v) is 6.72. The summed E-state index contributed by atoms with van der Waals surface area (Å²) in [6.07, 6.45) is -0.945. The number of para-hydroxylation sites is 2. The summed E-state index contributed by atoms with van der Waals surface area (Å²) in [6.45, 7) is 2.81. The molecular formula is C21H21NO5. The van der Waals surface area contributed by atoms with Crippen molar-refractivity contribution in [3.63, 3.8) is 0 Å². The molecule has 0 saturated heterocycles. The van der Waals surface area contributed by atoms with Gasteiger partial charge in [0.05, 0.1) is 0 Å². The predicted molar refractivity (Wildman–Crippen MR) is 97.5 cm³/mol. The van der Waals surface area contributed by atoms with Crippen molar-refractivity contribution in [3.8, 4) is 11.5 Å². The molecule has 1 amide bonds. The molecule has 0 saturated carbocycles. The van der Waals surface area contributed by atoms with E-state index in [1.165, 1.54) is 5.56 Å². The van der Waals surface area contributed by atoms with Crippen molar-refractivity contribution in [1.29, 1.82) is 0 Å². The van der Waals surface area contributed by atoms with Crippen molar-refractivity contribution >= 4 is 11.9 Å². The maximum absolute atomic E-state index is 12.7. The smallest absolute Gasteiger partial charge is 0.351 e. The maximum Gasteiger partial charge on any atom is 0.351 e. The van der Waals surface area contributed by atoms with E-state index < -0.39 is 18.2 Å². The minimum absolute atomic E-state index is 0.0633. The van der Waals surface area contributed by atoms with Crippen molar-refractivity contribution in [2.24, 2.45) is 0 Å². The van der Waals surface area contributed by atoms with E-state index in [4.69, 9.17) is 14.2 Å². The largest absolute Gasteiger partial charge is 0.485 e. The Balaban J connectivity index is 1.36. The van der Waals surface area contributed by atoms with Gasteiger partial charge in [-0.05, 0) is 36.6 Å². The Bertz CT molecular complexity index is 865. The average Bonchev–Trinajstić information content (AvgIpc) is 2.72. The van der Waals surface area contributed by atoms with Gasteiger partial charge in [0.2, 0.25) is 6.10 Å². The Morgan fingerprint density at radius 1 is 1.07 bits per heavy atom. The Kier molecular flexibility index (Phi) is 4.71. The first kappa shape index (κ1) is 17.4. The van der Waals surface area contributed by atoms with Crippen molar-refractivity contribution < 1.29 is 23.8 Å². The number of benzene rings is 2. The molecule has 0 aromatic heterocycles. The molecule has 0 spiro atoms. The molecule has 2 aromatic rings. The zero-order valence-electron chi connectivity index (χ0n) is 15.1. The molecule has 2 heterocycles. The number of carbonyl (C=O) groups is 2. The number of hydrogen-bond acceptors (Lipinski definition) is 5. The van der Waals surface area contributed by atoms with Crippen LogP contribution in [0.25, 0.3) is 0 Å². The standard InChI is InChI=1S/C21H21NO5/c1-14(20(23)22-11-10-15-6-2-3-7-16(15)12-22)26-21(24)19-13-25-17-8-4-5-9-18(17)27-19/h2-9,14,19H,10-13H2,1H3/t14-,19-/m1/s1. The van der Waals surface area contributed by atoms with Crippen LogP contribution in [0.5, 0.6) is 11.5 Å². The zero-order chi connectivity index (χ0) is 18.8. The van der Waals surface area contributed by atoms with Crippen molar-refractivity contribution in [3.05, 3.63) is 59.7 Å². The summed E-state index contributed by atoms with van der Waals surface area (Å²) < 4.78 is 16.5. The second kappa shape index (κ2) is 7.31. The SMILES string of the molecule is C[C@@H](OC(=O)[C@H]1COc2ccccc2O1)C(=O)N1CCc2ccccc2C1. The maximum atomic E-state index is 12.7. The molecule has 4 rings (SSSR count). The van der Waals surface area contributed by atoms with Crippen molar-refractivity contribution in [2.75, 3.05) is 13.2 Å². The van der Waals surface area contributed by atoms with Crippen LogP contribution in [0.3, 0.4) is 0 Å². The number of nitrogens with zero attached hydrogens (tertiary/aromatic N) is 1. The van der Waals surface area contributed by atoms with Crippen molar-refractivity contribution in [1.82, 2.24) is 4.90 Å². The lowest BCUT2D eigenvalue weighted by atomic mass is 9.99. The molecule has 6 heteroatoms. The van der Waals surface area contributed by atoms with Crippen LogP contribution in [0, 0.1) is 0 Å². The number of carbonyl (C=O) groups excluding carboxylic acids is 2. The van der Waals surface area contributed by atoms with Crippen LogP contribution in [-0.4, -0.2) is 42.1 Å². The van der Waals surface area contributed by atoms with E-state index in [0.29, 0.717) is 24.6 Å². The van der Waals surface area contributed by atoms with E-state index >= 15 is 0 Å². The number of ether oxygens (including phenoxy) is 3. The molecule has 0 fully saturated rings. The number of rotatable bonds is 3. The summed E-state index contributed by atoms with van der Waals surface area (Å²) in [5, 5.41) is 0. The second-order valence-electron chi connectivity index (χ2n) is 6.72. The Morgan fingerprint density at radius 2 is 1.78 bits per heavy atom. The highest BCUT2D eigenvalue weighted by atomic mass is 16.6. The fourth-order valence-electron chi connectivity index (χ4n) is 3.38. The molecule has 0 N–H and O–H groups in total. The molecule has 0 aliphatic carbocycles. The normalized spacial score (nSPS) is 19.0. The number of fused-ring (bicyclic) bond motifs is 2. The third-order valence-corrected chi connectivity index (χ3v) is 4.85. The van der Waals surface area contributed by atoms with Crippen LogP contribution in [-0.2, 0) is 27.3 Å². The molecule has 2 aliphatic rings. The fraction of sp³-hybridized carbons (Fsp3) is 0.333. The van der Waals surface area contributed by atoms with Gasteiger partial charge in [-0.1, -0.05) is 36.4 Å². The van der Waals surface area contributed by atoms with Crippen molar-refractivity contribution in [2.45, 2.75) is 32.1 Å². The summed E-state index contributed by atoms with van der Waals surface area (Å²) in [7, 11) is 0. The molecule has 2 aliphatic heterocycles. The molecular weight excluding hydrogens is 346 g/mol. The lowest BCUT2D eigenvalue weighted by molar-refractivity contribution is -0.167. The van der Waals surface area contributed by atoms with E-state index in [1.54, 1.807) is 30.0 Å². The molecule has 0 unspecified atom stereocenters. The van der Waals surface area contributed by atoms with Gasteiger partial charge in [-0.25, -0.2) is 4.79 Å². The number of esters is 1. The first-order chi connectivity index (χ1) is 13.1. The first-order valence-electron chi connectivity index (χ1n) is 9.06. The third-order valence-electron chi connectivity index (χ3n) is 4.85. The summed E-state index contributed by atoms with van der Waals surface area (Å²) in [5.41, 5.74) is 2.40. The molecule has 6 nitrogen and oxygen atoms in total. The first-order valence-corrected chi connectivity index (χ1v) is 9.06. The lowest BCUT2D eigenvalue weighted by Gasteiger charge is -2.31. The van der Waals surface area contributed by atoms with Gasteiger partial charge in [-0.15, -0.1) is 0 Å². The molecule has 140 valence electrons. The predicted octanol–water partition coefficient (Wildman–Crippen LogP) is 2.34. The van der Waals surface area contributed by atoms with Crippen LogP contribution in [0.1, 0.15) is 18.1 Å². The van der Waals surface area contributed by atoms with Gasteiger partial charge >= 0.3 is 5.97 Å². The van der Waals surface area contributed by atoms with Gasteiger partial charge in [0.15, 0.2) is 17.6 Å². The van der Waals surface area contributed by atoms with Gasteiger partial charge in [-0.2, -0.15) is 0 Å². The van der Waals surface area contributed by atoms with Gasteiger partial charge < -0.3 is 19.1 Å². The summed E-state index contributed by atoms with van der Waals surface area (Å²) >= 11 is 0. The minimum Gasteiger partial charge on any atom is -0.485 e. The topological polar surface area (TPSA) is 65.1 Å². The van der Waals surface area contributed by atoms with Gasteiger partial charge in [-0.3, -0.25) is 4.79 Å². The summed E-state index contributed by atoms with van der Waals surface area (Å²) in [5.74, 6) is 0.299. The van der Waals surface area contributed by atoms with Crippen LogP contribution in [0.2, 0.25) is 0 Å². The highest BCUT2D eigenvalue weighted by Gasteiger charge is 2.33. The highest BCUT2D eigenvalue weighted by molar-refractivity contribution is 5.85. The monoisotopic (exact) mass is 367 g/mol. The van der Waals surface area contributed by atoms with E-state index in [0.717, 1.165) is 12.0 Å². The van der Waals surface area contributed by atoms with Gasteiger partial charge in [0.1, 0.15) is 6.61 Å². The van der Waals surface area contributed by atoms with E-state index in [-0.39, 0.29) is 12.5 Å². The number of hydrogen-bond donors (Lipinski definition) is 0. The van der Waals surface area contributed by atoms with E-state index in [9.17, 15) is 9.59 Å². The van der Waals surface area contributed by atoms with E-state index in [2.05, 4.69) is 6.07 Å². The summed E-state index contributed by atoms with van der Waals surface area (Å²) in [6, 6.07) is 15.2. The Labute approximate surface area is 157 Å². The quantitative estimate of drug-likeness (QED) is 0.779. The highest BCUT2D eigenvalue weighted by Crippen LogP contribution is 2.31. The van der Waals surface area contributed by atoms with Crippen LogP contribution < -0.4 is 9.47 Å². The fourth-order valence-corrected chi connectivity index (χ4v) is 3.38. The van der Waals surface area contributed by atoms with Crippen LogP contribution >= 0.6 is 0 Å². The van der Waals surface area contributed by atoms with Gasteiger partial charge in [0, 0.05) is 13.1 Å². The lowest BCUT2D eigenvalue weighted by Crippen LogP contribution is -2.45. The molecule has 2 atom stereocenters.